The number of amides is 2. The highest BCUT2D eigenvalue weighted by Crippen LogP contribution is 2.46. The topological polar surface area (TPSA) is 78.4 Å². The van der Waals surface area contributed by atoms with Crippen LogP contribution in [0.15, 0.2) is 0 Å². The summed E-state index contributed by atoms with van der Waals surface area (Å²) in [6.07, 6.45) is 5.67. The molecule has 0 radical (unpaired) electrons. The smallest absolute Gasteiger partial charge is 0.314 e. The second kappa shape index (κ2) is 4.40. The number of carboxylic acid groups (broad SMARTS) is 1. The molecule has 0 atom stereocenters. The first-order valence-electron chi connectivity index (χ1n) is 5.82. The molecule has 17 heavy (non-hydrogen) atoms. The zero-order valence-corrected chi connectivity index (χ0v) is 10.7. The maximum Gasteiger partial charge on any atom is 0.314 e. The van der Waals surface area contributed by atoms with E-state index in [9.17, 15) is 9.59 Å². The van der Waals surface area contributed by atoms with Crippen LogP contribution in [-0.4, -0.2) is 41.2 Å². The molecule has 3 N–H and O–H groups in total. The van der Waals surface area contributed by atoms with E-state index in [2.05, 4.69) is 16.9 Å². The molecular weight excluding hydrogens is 240 g/mol. The molecule has 2 aliphatic carbocycles. The van der Waals surface area contributed by atoms with Crippen LogP contribution in [0.5, 0.6) is 0 Å². The van der Waals surface area contributed by atoms with Gasteiger partial charge in [0.05, 0.1) is 5.41 Å². The van der Waals surface area contributed by atoms with E-state index in [-0.39, 0.29) is 17.3 Å². The van der Waals surface area contributed by atoms with Crippen LogP contribution < -0.4 is 10.6 Å². The lowest BCUT2D eigenvalue weighted by Crippen LogP contribution is -2.43. The highest BCUT2D eigenvalue weighted by Gasteiger charge is 2.50. The normalized spacial score (nSPS) is 22.6. The van der Waals surface area contributed by atoms with Gasteiger partial charge < -0.3 is 15.7 Å². The first-order chi connectivity index (χ1) is 8.02. The molecule has 0 heterocycles. The van der Waals surface area contributed by atoms with Crippen molar-refractivity contribution in [2.45, 2.75) is 30.4 Å². The summed E-state index contributed by atoms with van der Waals surface area (Å²) in [5, 5.41) is 14.4. The SMILES string of the molecule is CSC1(CNC(=O)NCC2(C(=O)O)CC2)CC1. The third-order valence-electron chi connectivity index (χ3n) is 3.71. The Balaban J connectivity index is 1.66. The lowest BCUT2D eigenvalue weighted by molar-refractivity contribution is -0.143. The molecule has 0 aromatic rings. The molecule has 0 aromatic heterocycles. The summed E-state index contributed by atoms with van der Waals surface area (Å²) in [4.78, 5) is 22.4. The van der Waals surface area contributed by atoms with Crippen LogP contribution in [0.25, 0.3) is 0 Å². The molecule has 0 spiro atoms. The maximum absolute atomic E-state index is 11.5. The van der Waals surface area contributed by atoms with Gasteiger partial charge in [0.25, 0.3) is 0 Å². The van der Waals surface area contributed by atoms with Gasteiger partial charge in [0.2, 0.25) is 0 Å². The predicted molar refractivity (Wildman–Crippen MR) is 66.2 cm³/mol. The van der Waals surface area contributed by atoms with E-state index in [0.29, 0.717) is 19.4 Å². The van der Waals surface area contributed by atoms with Crippen LogP contribution in [0.2, 0.25) is 0 Å². The average molecular weight is 258 g/mol. The van der Waals surface area contributed by atoms with Crippen molar-refractivity contribution in [2.24, 2.45) is 5.41 Å². The van der Waals surface area contributed by atoms with Crippen LogP contribution in [-0.2, 0) is 4.79 Å². The largest absolute Gasteiger partial charge is 0.481 e. The minimum Gasteiger partial charge on any atom is -0.481 e. The Morgan fingerprint density at radius 1 is 1.18 bits per heavy atom. The molecule has 0 bridgehead atoms. The van der Waals surface area contributed by atoms with Crippen molar-refractivity contribution >= 4 is 23.8 Å². The van der Waals surface area contributed by atoms with E-state index in [1.54, 1.807) is 11.8 Å². The molecule has 0 unspecified atom stereocenters. The second-order valence-electron chi connectivity index (χ2n) is 5.01. The molecule has 0 saturated heterocycles. The monoisotopic (exact) mass is 258 g/mol. The van der Waals surface area contributed by atoms with Crippen molar-refractivity contribution in [1.29, 1.82) is 0 Å². The third-order valence-corrected chi connectivity index (χ3v) is 5.12. The number of carboxylic acids is 1. The summed E-state index contributed by atoms with van der Waals surface area (Å²) in [5.41, 5.74) is -0.686. The first-order valence-corrected chi connectivity index (χ1v) is 7.05. The Kier molecular flexibility index (Phi) is 3.25. The molecule has 6 heteroatoms. The Labute approximate surface area is 105 Å². The molecule has 2 aliphatic rings. The molecule has 0 aliphatic heterocycles. The Morgan fingerprint density at radius 3 is 2.18 bits per heavy atom. The number of rotatable bonds is 6. The fourth-order valence-corrected chi connectivity index (χ4v) is 2.49. The Morgan fingerprint density at radius 2 is 1.76 bits per heavy atom. The second-order valence-corrected chi connectivity index (χ2v) is 6.28. The average Bonchev–Trinajstić information content (AvgIpc) is 3.19. The number of hydrogen-bond donors (Lipinski definition) is 3. The molecule has 2 rings (SSSR count). The van der Waals surface area contributed by atoms with Gasteiger partial charge in [-0.15, -0.1) is 0 Å². The fourth-order valence-electron chi connectivity index (χ4n) is 1.76. The van der Waals surface area contributed by atoms with Gasteiger partial charge in [0.15, 0.2) is 0 Å². The standard InChI is InChI=1S/C11H18N2O3S/c1-17-11(4-5-11)7-13-9(16)12-6-10(2-3-10)8(14)15/h2-7H2,1H3,(H,14,15)(H2,12,13,16). The van der Waals surface area contributed by atoms with Gasteiger partial charge in [-0.05, 0) is 31.9 Å². The Hall–Kier alpha value is -0.910. The van der Waals surface area contributed by atoms with Crippen molar-refractivity contribution < 1.29 is 14.7 Å². The van der Waals surface area contributed by atoms with E-state index in [1.165, 1.54) is 0 Å². The van der Waals surface area contributed by atoms with E-state index >= 15 is 0 Å². The summed E-state index contributed by atoms with van der Waals surface area (Å²) in [5.74, 6) is -0.805. The van der Waals surface area contributed by atoms with Gasteiger partial charge in [0, 0.05) is 17.8 Å². The summed E-state index contributed by atoms with van der Waals surface area (Å²) < 4.78 is 0.238. The van der Waals surface area contributed by atoms with Gasteiger partial charge in [-0.3, -0.25) is 4.79 Å². The van der Waals surface area contributed by atoms with Gasteiger partial charge in [-0.2, -0.15) is 11.8 Å². The zero-order chi connectivity index (χ0) is 12.5. The van der Waals surface area contributed by atoms with Crippen molar-refractivity contribution in [3.05, 3.63) is 0 Å². The van der Waals surface area contributed by atoms with Crippen LogP contribution in [0.4, 0.5) is 4.79 Å². The van der Waals surface area contributed by atoms with E-state index in [1.807, 2.05) is 0 Å². The number of carbonyl (C=O) groups excluding carboxylic acids is 1. The molecular formula is C11H18N2O3S. The summed E-state index contributed by atoms with van der Waals surface area (Å²) in [7, 11) is 0. The number of carbonyl (C=O) groups is 2. The lowest BCUT2D eigenvalue weighted by Gasteiger charge is -2.15. The molecule has 5 nitrogen and oxygen atoms in total. The van der Waals surface area contributed by atoms with Crippen molar-refractivity contribution in [1.82, 2.24) is 10.6 Å². The lowest BCUT2D eigenvalue weighted by atomic mass is 10.1. The minimum absolute atomic E-state index is 0.237. The van der Waals surface area contributed by atoms with Crippen LogP contribution in [0.1, 0.15) is 25.7 Å². The van der Waals surface area contributed by atoms with Crippen molar-refractivity contribution in [3.63, 3.8) is 0 Å². The molecule has 2 amide bonds. The Bertz CT molecular complexity index is 338. The van der Waals surface area contributed by atoms with Crippen LogP contribution >= 0.6 is 11.8 Å². The van der Waals surface area contributed by atoms with E-state index in [4.69, 9.17) is 5.11 Å². The van der Waals surface area contributed by atoms with Gasteiger partial charge in [-0.1, -0.05) is 0 Å². The number of urea groups is 1. The van der Waals surface area contributed by atoms with Gasteiger partial charge in [-0.25, -0.2) is 4.79 Å². The summed E-state index contributed by atoms with van der Waals surface area (Å²) in [6.45, 7) is 0.903. The van der Waals surface area contributed by atoms with Gasteiger partial charge in [0.1, 0.15) is 0 Å². The predicted octanol–water partition coefficient (Wildman–Crippen LogP) is 1.05. The van der Waals surface area contributed by atoms with Crippen LogP contribution in [0, 0.1) is 5.41 Å². The highest BCUT2D eigenvalue weighted by molar-refractivity contribution is 8.00. The third kappa shape index (κ3) is 2.86. The molecule has 96 valence electrons. The van der Waals surface area contributed by atoms with Crippen LogP contribution in [0.3, 0.4) is 0 Å². The minimum atomic E-state index is -0.805. The molecule has 2 fully saturated rings. The zero-order valence-electron chi connectivity index (χ0n) is 9.91. The highest BCUT2D eigenvalue weighted by atomic mass is 32.2. The van der Waals surface area contributed by atoms with Gasteiger partial charge >= 0.3 is 12.0 Å². The van der Waals surface area contributed by atoms with E-state index < -0.39 is 11.4 Å². The summed E-state index contributed by atoms with van der Waals surface area (Å²) in [6, 6.07) is -0.252. The maximum atomic E-state index is 11.5. The quantitative estimate of drug-likeness (QED) is 0.665. The number of nitrogens with one attached hydrogen (secondary N) is 2. The van der Waals surface area contributed by atoms with Crippen molar-refractivity contribution in [3.8, 4) is 0 Å². The molecule has 2 saturated carbocycles. The first kappa shape index (κ1) is 12.5. The number of thioether (sulfide) groups is 1. The molecule has 0 aromatic carbocycles. The number of aliphatic carboxylic acids is 1. The number of hydrogen-bond acceptors (Lipinski definition) is 3. The van der Waals surface area contributed by atoms with E-state index in [0.717, 1.165) is 12.8 Å². The fraction of sp³-hybridized carbons (Fsp3) is 0.818. The summed E-state index contributed by atoms with van der Waals surface area (Å²) >= 11 is 1.78. The van der Waals surface area contributed by atoms with Crippen molar-refractivity contribution in [2.75, 3.05) is 19.3 Å².